The van der Waals surface area contributed by atoms with E-state index in [9.17, 15) is 15.0 Å². The first-order chi connectivity index (χ1) is 10.7. The predicted octanol–water partition coefficient (Wildman–Crippen LogP) is 3.37. The van der Waals surface area contributed by atoms with Crippen molar-refractivity contribution in [3.63, 3.8) is 0 Å². The van der Waals surface area contributed by atoms with Gasteiger partial charge in [-0.15, -0.1) is 0 Å². The van der Waals surface area contributed by atoms with E-state index in [2.05, 4.69) is 5.32 Å². The van der Waals surface area contributed by atoms with Crippen LogP contribution >= 0.6 is 0 Å². The number of alkyl carbamates (subject to hydrolysis) is 1. The Morgan fingerprint density at radius 2 is 1.83 bits per heavy atom. The number of nitrogens with one attached hydrogen (secondary N) is 1. The number of aliphatic hydroxyl groups is 2. The van der Waals surface area contributed by atoms with Gasteiger partial charge in [-0.1, -0.05) is 39.0 Å². The van der Waals surface area contributed by atoms with Crippen LogP contribution in [0.4, 0.5) is 4.79 Å². The third-order valence-electron chi connectivity index (χ3n) is 4.46. The Labute approximate surface area is 140 Å². The molecule has 0 aromatic carbocycles. The number of hydrogen-bond acceptors (Lipinski definition) is 4. The second-order valence-corrected chi connectivity index (χ2v) is 7.86. The maximum Gasteiger partial charge on any atom is 0.407 e. The number of carbonyl (C=O) groups excluding carboxylic acids is 1. The first kappa shape index (κ1) is 20.2. The first-order valence-corrected chi connectivity index (χ1v) is 9.07. The average molecular weight is 329 g/mol. The van der Waals surface area contributed by atoms with E-state index in [1.807, 2.05) is 27.7 Å². The maximum atomic E-state index is 12.1. The van der Waals surface area contributed by atoms with Crippen molar-refractivity contribution in [3.8, 4) is 0 Å². The van der Waals surface area contributed by atoms with E-state index in [1.54, 1.807) is 0 Å². The SMILES string of the molecule is CC[C@@H](O)C[C@H](O)[C@H](CC1CCCCC1)NC(=O)OC(C)(C)C. The lowest BCUT2D eigenvalue weighted by Crippen LogP contribution is -2.47. The van der Waals surface area contributed by atoms with Crippen LogP contribution in [0.2, 0.25) is 0 Å². The number of rotatable bonds is 7. The van der Waals surface area contributed by atoms with Gasteiger partial charge in [0.25, 0.3) is 0 Å². The highest BCUT2D eigenvalue weighted by atomic mass is 16.6. The highest BCUT2D eigenvalue weighted by Gasteiger charge is 2.29. The van der Waals surface area contributed by atoms with Crippen LogP contribution in [0.5, 0.6) is 0 Å². The molecule has 0 radical (unpaired) electrons. The quantitative estimate of drug-likeness (QED) is 0.669. The lowest BCUT2D eigenvalue weighted by molar-refractivity contribution is 0.0252. The van der Waals surface area contributed by atoms with Crippen LogP contribution in [0.1, 0.15) is 79.1 Å². The minimum Gasteiger partial charge on any atom is -0.444 e. The molecule has 0 aromatic heterocycles. The molecule has 1 fully saturated rings. The van der Waals surface area contributed by atoms with Crippen LogP contribution in [0, 0.1) is 5.92 Å². The van der Waals surface area contributed by atoms with Crippen LogP contribution in [0.25, 0.3) is 0 Å². The monoisotopic (exact) mass is 329 g/mol. The normalized spacial score (nSPS) is 20.6. The molecule has 1 amide bonds. The van der Waals surface area contributed by atoms with Gasteiger partial charge in [0.1, 0.15) is 5.60 Å². The van der Waals surface area contributed by atoms with Crippen LogP contribution in [0.3, 0.4) is 0 Å². The summed E-state index contributed by atoms with van der Waals surface area (Å²) in [5.41, 5.74) is -0.562. The minimum atomic E-state index is -0.751. The van der Waals surface area contributed by atoms with E-state index in [0.29, 0.717) is 12.3 Å². The van der Waals surface area contributed by atoms with E-state index in [-0.39, 0.29) is 12.5 Å². The van der Waals surface area contributed by atoms with Gasteiger partial charge in [-0.05, 0) is 39.5 Å². The van der Waals surface area contributed by atoms with Crippen molar-refractivity contribution in [3.05, 3.63) is 0 Å². The molecule has 3 atom stereocenters. The van der Waals surface area contributed by atoms with Crippen molar-refractivity contribution >= 4 is 6.09 Å². The van der Waals surface area contributed by atoms with Gasteiger partial charge in [0.05, 0.1) is 18.2 Å². The van der Waals surface area contributed by atoms with Crippen molar-refractivity contribution < 1.29 is 19.7 Å². The Bertz CT molecular complexity index is 347. The molecule has 3 N–H and O–H groups in total. The number of aliphatic hydroxyl groups excluding tert-OH is 2. The zero-order valence-corrected chi connectivity index (χ0v) is 15.2. The smallest absolute Gasteiger partial charge is 0.407 e. The summed E-state index contributed by atoms with van der Waals surface area (Å²) in [4.78, 5) is 12.1. The van der Waals surface area contributed by atoms with Gasteiger partial charge in [-0.3, -0.25) is 0 Å². The second kappa shape index (κ2) is 9.48. The summed E-state index contributed by atoms with van der Waals surface area (Å²) in [6, 6.07) is -0.367. The maximum absolute atomic E-state index is 12.1. The van der Waals surface area contributed by atoms with Gasteiger partial charge in [0.15, 0.2) is 0 Å². The zero-order chi connectivity index (χ0) is 17.5. The fourth-order valence-electron chi connectivity index (χ4n) is 3.16. The van der Waals surface area contributed by atoms with Crippen molar-refractivity contribution in [2.45, 2.75) is 103 Å². The molecule has 1 rings (SSSR count). The van der Waals surface area contributed by atoms with E-state index in [0.717, 1.165) is 19.3 Å². The largest absolute Gasteiger partial charge is 0.444 e. The Hall–Kier alpha value is -0.810. The summed E-state index contributed by atoms with van der Waals surface area (Å²) in [7, 11) is 0. The number of hydrogen-bond donors (Lipinski definition) is 3. The minimum absolute atomic E-state index is 0.281. The molecule has 0 aliphatic heterocycles. The standard InChI is InChI=1S/C18H35NO4/c1-5-14(20)12-16(21)15(11-13-9-7-6-8-10-13)19-17(22)23-18(2,3)4/h13-16,20-21H,5-12H2,1-4H3,(H,19,22)/t14-,15+,16+/m1/s1. The molecule has 1 aliphatic rings. The molecule has 0 aromatic rings. The van der Waals surface area contributed by atoms with Crippen LogP contribution in [-0.2, 0) is 4.74 Å². The second-order valence-electron chi connectivity index (χ2n) is 7.86. The number of carbonyl (C=O) groups is 1. The molecular formula is C18H35NO4. The van der Waals surface area contributed by atoms with Crippen LogP contribution in [0.15, 0.2) is 0 Å². The Kier molecular flexibility index (Phi) is 8.34. The molecule has 1 aliphatic carbocycles. The Balaban J connectivity index is 2.64. The van der Waals surface area contributed by atoms with Gasteiger partial charge in [0, 0.05) is 6.42 Å². The third kappa shape index (κ3) is 8.56. The molecule has 5 nitrogen and oxygen atoms in total. The average Bonchev–Trinajstić information content (AvgIpc) is 2.45. The van der Waals surface area contributed by atoms with Crippen LogP contribution < -0.4 is 5.32 Å². The molecule has 0 spiro atoms. The highest BCUT2D eigenvalue weighted by molar-refractivity contribution is 5.68. The van der Waals surface area contributed by atoms with Crippen LogP contribution in [-0.4, -0.2) is 40.2 Å². The lowest BCUT2D eigenvalue weighted by atomic mass is 9.83. The summed E-state index contributed by atoms with van der Waals surface area (Å²) in [6.45, 7) is 7.34. The molecular weight excluding hydrogens is 294 g/mol. The lowest BCUT2D eigenvalue weighted by Gasteiger charge is -2.31. The van der Waals surface area contributed by atoms with Gasteiger partial charge < -0.3 is 20.3 Å². The molecule has 0 bridgehead atoms. The summed E-state index contributed by atoms with van der Waals surface area (Å²) >= 11 is 0. The number of amides is 1. The molecule has 23 heavy (non-hydrogen) atoms. The molecule has 0 saturated heterocycles. The first-order valence-electron chi connectivity index (χ1n) is 9.07. The predicted molar refractivity (Wildman–Crippen MR) is 91.3 cm³/mol. The third-order valence-corrected chi connectivity index (χ3v) is 4.46. The van der Waals surface area contributed by atoms with Crippen molar-refractivity contribution in [1.29, 1.82) is 0 Å². The molecule has 0 unspecified atom stereocenters. The topological polar surface area (TPSA) is 78.8 Å². The summed E-state index contributed by atoms with van der Waals surface area (Å²) in [5.74, 6) is 0.525. The van der Waals surface area contributed by atoms with E-state index < -0.39 is 23.9 Å². The Morgan fingerprint density at radius 3 is 2.35 bits per heavy atom. The van der Waals surface area contributed by atoms with Crippen molar-refractivity contribution in [2.24, 2.45) is 5.92 Å². The van der Waals surface area contributed by atoms with E-state index in [4.69, 9.17) is 4.74 Å². The summed E-state index contributed by atoms with van der Waals surface area (Å²) in [6.07, 6.45) is 5.85. The molecule has 1 saturated carbocycles. The fraction of sp³-hybridized carbons (Fsp3) is 0.944. The van der Waals surface area contributed by atoms with E-state index in [1.165, 1.54) is 19.3 Å². The van der Waals surface area contributed by atoms with Crippen molar-refractivity contribution in [1.82, 2.24) is 5.32 Å². The summed E-state index contributed by atoms with van der Waals surface area (Å²) in [5, 5.41) is 23.1. The molecule has 5 heteroatoms. The zero-order valence-electron chi connectivity index (χ0n) is 15.2. The summed E-state index contributed by atoms with van der Waals surface area (Å²) < 4.78 is 5.32. The number of ether oxygens (including phenoxy) is 1. The van der Waals surface area contributed by atoms with Gasteiger partial charge in [-0.2, -0.15) is 0 Å². The van der Waals surface area contributed by atoms with Crippen molar-refractivity contribution in [2.75, 3.05) is 0 Å². The highest BCUT2D eigenvalue weighted by Crippen LogP contribution is 2.28. The molecule has 0 heterocycles. The Morgan fingerprint density at radius 1 is 1.22 bits per heavy atom. The van der Waals surface area contributed by atoms with E-state index >= 15 is 0 Å². The fourth-order valence-corrected chi connectivity index (χ4v) is 3.16. The van der Waals surface area contributed by atoms with Gasteiger partial charge >= 0.3 is 6.09 Å². The van der Waals surface area contributed by atoms with Gasteiger partial charge in [0.2, 0.25) is 0 Å². The molecule has 136 valence electrons. The van der Waals surface area contributed by atoms with Gasteiger partial charge in [-0.25, -0.2) is 4.79 Å².